The van der Waals surface area contributed by atoms with Crippen molar-refractivity contribution in [2.24, 2.45) is 0 Å². The van der Waals surface area contributed by atoms with E-state index in [1.807, 2.05) is 18.2 Å². The van der Waals surface area contributed by atoms with Crippen LogP contribution in [0.2, 0.25) is 0 Å². The van der Waals surface area contributed by atoms with Crippen molar-refractivity contribution >= 4 is 17.6 Å². The van der Waals surface area contributed by atoms with Crippen LogP contribution < -0.4 is 4.90 Å². The van der Waals surface area contributed by atoms with Crippen molar-refractivity contribution < 1.29 is 14.7 Å². The first-order chi connectivity index (χ1) is 13.5. The van der Waals surface area contributed by atoms with Gasteiger partial charge < -0.3 is 10.0 Å². The van der Waals surface area contributed by atoms with E-state index in [1.165, 1.54) is 5.56 Å². The predicted molar refractivity (Wildman–Crippen MR) is 110 cm³/mol. The average Bonchev–Trinajstić information content (AvgIpc) is 2.70. The lowest BCUT2D eigenvalue weighted by atomic mass is 9.95. The second kappa shape index (κ2) is 7.31. The van der Waals surface area contributed by atoms with E-state index in [2.05, 4.69) is 37.3 Å². The van der Waals surface area contributed by atoms with Crippen LogP contribution in [0, 0.1) is 6.92 Å². The predicted octanol–water partition coefficient (Wildman–Crippen LogP) is 4.84. The van der Waals surface area contributed by atoms with E-state index >= 15 is 0 Å². The van der Waals surface area contributed by atoms with Gasteiger partial charge in [-0.15, -0.1) is 0 Å². The van der Waals surface area contributed by atoms with Crippen LogP contribution in [-0.4, -0.2) is 17.0 Å². The minimum absolute atomic E-state index is 0.0660. The number of carbonyl (C=O) groups is 2. The van der Waals surface area contributed by atoms with Crippen molar-refractivity contribution in [2.75, 3.05) is 4.90 Å². The van der Waals surface area contributed by atoms with E-state index in [0.717, 1.165) is 34.4 Å². The van der Waals surface area contributed by atoms with Crippen LogP contribution in [0.5, 0.6) is 0 Å². The Bertz CT molecular complexity index is 1050. The summed E-state index contributed by atoms with van der Waals surface area (Å²) in [7, 11) is 0. The fraction of sp³-hybridized carbons (Fsp3) is 0.167. The molecule has 1 heterocycles. The number of aromatic carboxylic acids is 1. The van der Waals surface area contributed by atoms with Crippen LogP contribution in [0.4, 0.5) is 5.69 Å². The second-order valence-corrected chi connectivity index (χ2v) is 7.19. The quantitative estimate of drug-likeness (QED) is 0.714. The molecular formula is C24H21NO3. The number of fused-ring (bicyclic) bond motifs is 1. The molecule has 0 fully saturated rings. The van der Waals surface area contributed by atoms with E-state index in [0.29, 0.717) is 13.0 Å². The zero-order chi connectivity index (χ0) is 19.7. The van der Waals surface area contributed by atoms with Crippen molar-refractivity contribution in [3.63, 3.8) is 0 Å². The summed E-state index contributed by atoms with van der Waals surface area (Å²) in [6.45, 7) is 2.44. The summed E-state index contributed by atoms with van der Waals surface area (Å²) in [5.74, 6) is -0.897. The Morgan fingerprint density at radius 2 is 1.71 bits per heavy atom. The van der Waals surface area contributed by atoms with Crippen LogP contribution in [0.1, 0.15) is 33.5 Å². The molecule has 28 heavy (non-hydrogen) atoms. The Balaban J connectivity index is 1.66. The van der Waals surface area contributed by atoms with Crippen molar-refractivity contribution in [3.8, 4) is 11.1 Å². The maximum absolute atomic E-state index is 12.6. The molecule has 1 aliphatic heterocycles. The molecule has 4 heteroatoms. The first-order valence-electron chi connectivity index (χ1n) is 9.34. The molecule has 1 aliphatic rings. The minimum atomic E-state index is -0.963. The number of carboxylic acid groups (broad SMARTS) is 1. The average molecular weight is 371 g/mol. The zero-order valence-electron chi connectivity index (χ0n) is 15.7. The number of amides is 1. The maximum Gasteiger partial charge on any atom is 0.335 e. The number of hydrogen-bond acceptors (Lipinski definition) is 2. The molecule has 0 saturated carbocycles. The van der Waals surface area contributed by atoms with Crippen molar-refractivity contribution in [2.45, 2.75) is 26.3 Å². The normalized spacial score (nSPS) is 13.3. The Labute approximate surface area is 164 Å². The van der Waals surface area contributed by atoms with Gasteiger partial charge in [0.15, 0.2) is 0 Å². The summed E-state index contributed by atoms with van der Waals surface area (Å²) in [5.41, 5.74) is 6.62. The van der Waals surface area contributed by atoms with Crippen molar-refractivity contribution in [1.29, 1.82) is 0 Å². The van der Waals surface area contributed by atoms with Gasteiger partial charge in [0.05, 0.1) is 12.1 Å². The van der Waals surface area contributed by atoms with Crippen LogP contribution in [-0.2, 0) is 17.8 Å². The Morgan fingerprint density at radius 1 is 0.964 bits per heavy atom. The van der Waals surface area contributed by atoms with Gasteiger partial charge in [-0.05, 0) is 59.9 Å². The third-order valence-corrected chi connectivity index (χ3v) is 5.18. The van der Waals surface area contributed by atoms with Gasteiger partial charge in [0.25, 0.3) is 0 Å². The molecule has 0 aliphatic carbocycles. The summed E-state index contributed by atoms with van der Waals surface area (Å²) in [6.07, 6.45) is 1.18. The van der Waals surface area contributed by atoms with Gasteiger partial charge in [0.2, 0.25) is 5.91 Å². The molecule has 0 atom stereocenters. The van der Waals surface area contributed by atoms with Gasteiger partial charge in [-0.25, -0.2) is 4.79 Å². The Morgan fingerprint density at radius 3 is 2.46 bits per heavy atom. The lowest BCUT2D eigenvalue weighted by Crippen LogP contribution is -2.34. The standard InChI is InChI=1S/C24H21NO3/c1-16-5-7-18(8-6-16)19-9-11-22-20(14-19)10-12-23(26)25(22)15-17-3-2-4-21(13-17)24(27)28/h2-9,11,13-14H,10,12,15H2,1H3,(H,27,28). The maximum atomic E-state index is 12.6. The largest absolute Gasteiger partial charge is 0.478 e. The summed E-state index contributed by atoms with van der Waals surface area (Å²) >= 11 is 0. The first kappa shape index (κ1) is 18.0. The van der Waals surface area contributed by atoms with Gasteiger partial charge in [0, 0.05) is 12.1 Å². The molecular weight excluding hydrogens is 350 g/mol. The zero-order valence-corrected chi connectivity index (χ0v) is 15.7. The van der Waals surface area contributed by atoms with Crippen molar-refractivity contribution in [1.82, 2.24) is 0 Å². The van der Waals surface area contributed by atoms with Crippen LogP contribution in [0.15, 0.2) is 66.7 Å². The molecule has 4 nitrogen and oxygen atoms in total. The summed E-state index contributed by atoms with van der Waals surface area (Å²) in [4.78, 5) is 25.6. The molecule has 0 spiro atoms. The Hall–Kier alpha value is -3.40. The third kappa shape index (κ3) is 3.54. The number of anilines is 1. The first-order valence-corrected chi connectivity index (χ1v) is 9.34. The van der Waals surface area contributed by atoms with E-state index < -0.39 is 5.97 Å². The fourth-order valence-corrected chi connectivity index (χ4v) is 3.64. The van der Waals surface area contributed by atoms with Gasteiger partial charge >= 0.3 is 5.97 Å². The smallest absolute Gasteiger partial charge is 0.335 e. The monoisotopic (exact) mass is 371 g/mol. The number of aryl methyl sites for hydroxylation is 2. The van der Waals surface area contributed by atoms with Crippen LogP contribution >= 0.6 is 0 Å². The molecule has 0 saturated heterocycles. The van der Waals surface area contributed by atoms with Crippen LogP contribution in [0.3, 0.4) is 0 Å². The topological polar surface area (TPSA) is 57.6 Å². The Kier molecular flexibility index (Phi) is 4.70. The summed E-state index contributed by atoms with van der Waals surface area (Å²) < 4.78 is 0. The number of benzene rings is 3. The molecule has 1 amide bonds. The van der Waals surface area contributed by atoms with E-state index in [9.17, 15) is 14.7 Å². The van der Waals surface area contributed by atoms with Crippen LogP contribution in [0.25, 0.3) is 11.1 Å². The van der Waals surface area contributed by atoms with E-state index in [-0.39, 0.29) is 11.5 Å². The number of hydrogen-bond donors (Lipinski definition) is 1. The summed E-state index contributed by atoms with van der Waals surface area (Å²) in [5, 5.41) is 9.20. The van der Waals surface area contributed by atoms with E-state index in [4.69, 9.17) is 0 Å². The highest BCUT2D eigenvalue weighted by molar-refractivity contribution is 5.97. The number of carboxylic acids is 1. The number of rotatable bonds is 4. The molecule has 0 unspecified atom stereocenters. The fourth-order valence-electron chi connectivity index (χ4n) is 3.64. The minimum Gasteiger partial charge on any atom is -0.478 e. The summed E-state index contributed by atoms with van der Waals surface area (Å²) in [6, 6.07) is 21.4. The third-order valence-electron chi connectivity index (χ3n) is 5.18. The molecule has 0 bridgehead atoms. The van der Waals surface area contributed by atoms with Gasteiger partial charge in [-0.3, -0.25) is 4.79 Å². The molecule has 3 aromatic rings. The highest BCUT2D eigenvalue weighted by atomic mass is 16.4. The number of nitrogens with zero attached hydrogens (tertiary/aromatic N) is 1. The SMILES string of the molecule is Cc1ccc(-c2ccc3c(c2)CCC(=O)N3Cc2cccc(C(=O)O)c2)cc1. The molecule has 0 aromatic heterocycles. The highest BCUT2D eigenvalue weighted by Gasteiger charge is 2.24. The second-order valence-electron chi connectivity index (χ2n) is 7.19. The molecule has 1 N–H and O–H groups in total. The molecule has 140 valence electrons. The van der Waals surface area contributed by atoms with Gasteiger partial charge in [0.1, 0.15) is 0 Å². The lowest BCUT2D eigenvalue weighted by molar-refractivity contribution is -0.119. The lowest BCUT2D eigenvalue weighted by Gasteiger charge is -2.30. The molecule has 0 radical (unpaired) electrons. The number of carbonyl (C=O) groups excluding carboxylic acids is 1. The van der Waals surface area contributed by atoms with Gasteiger partial charge in [-0.2, -0.15) is 0 Å². The van der Waals surface area contributed by atoms with Crippen molar-refractivity contribution in [3.05, 3.63) is 89.0 Å². The molecule has 3 aromatic carbocycles. The highest BCUT2D eigenvalue weighted by Crippen LogP contribution is 2.33. The molecule has 4 rings (SSSR count). The van der Waals surface area contributed by atoms with Gasteiger partial charge in [-0.1, -0.05) is 48.0 Å². The van der Waals surface area contributed by atoms with E-state index in [1.54, 1.807) is 23.1 Å².